The van der Waals surface area contributed by atoms with Crippen molar-refractivity contribution in [1.29, 1.82) is 0 Å². The molecule has 3 heterocycles. The van der Waals surface area contributed by atoms with E-state index in [2.05, 4.69) is 20.9 Å². The summed E-state index contributed by atoms with van der Waals surface area (Å²) in [4.78, 5) is 15.8. The van der Waals surface area contributed by atoms with Gasteiger partial charge in [-0.15, -0.1) is 0 Å². The SMILES string of the molecule is NC(=O)Cc1c(-c2ccc(Br)o2)nc2ccc(Cl)cn12. The van der Waals surface area contributed by atoms with Gasteiger partial charge >= 0.3 is 0 Å². The van der Waals surface area contributed by atoms with E-state index in [9.17, 15) is 4.79 Å². The molecule has 3 aromatic rings. The molecule has 0 atom stereocenters. The van der Waals surface area contributed by atoms with Gasteiger partial charge < -0.3 is 14.6 Å². The van der Waals surface area contributed by atoms with Gasteiger partial charge in [-0.2, -0.15) is 0 Å². The van der Waals surface area contributed by atoms with Gasteiger partial charge in [0.2, 0.25) is 5.91 Å². The third kappa shape index (κ3) is 2.32. The van der Waals surface area contributed by atoms with Crippen molar-refractivity contribution in [3.05, 3.63) is 45.8 Å². The number of nitrogens with two attached hydrogens (primary N) is 1. The summed E-state index contributed by atoms with van der Waals surface area (Å²) in [6.07, 6.45) is 1.75. The number of hydrogen-bond donors (Lipinski definition) is 1. The summed E-state index contributed by atoms with van der Waals surface area (Å²) in [5, 5.41) is 0.549. The molecule has 0 radical (unpaired) electrons. The normalized spacial score (nSPS) is 11.1. The second-order valence-corrected chi connectivity index (χ2v) is 5.45. The van der Waals surface area contributed by atoms with Crippen molar-refractivity contribution in [3.63, 3.8) is 0 Å². The second kappa shape index (κ2) is 4.96. The Labute approximate surface area is 127 Å². The van der Waals surface area contributed by atoms with Gasteiger partial charge in [-0.05, 0) is 40.2 Å². The highest BCUT2D eigenvalue weighted by molar-refractivity contribution is 9.10. The molecule has 0 saturated heterocycles. The Morgan fingerprint density at radius 1 is 1.40 bits per heavy atom. The first-order valence-electron chi connectivity index (χ1n) is 5.75. The summed E-state index contributed by atoms with van der Waals surface area (Å²) >= 11 is 9.24. The first kappa shape index (κ1) is 13.2. The first-order chi connectivity index (χ1) is 9.54. The number of aromatic nitrogens is 2. The number of halogens is 2. The summed E-state index contributed by atoms with van der Waals surface area (Å²) in [5.74, 6) is 0.117. The number of furan rings is 1. The zero-order chi connectivity index (χ0) is 14.3. The van der Waals surface area contributed by atoms with Gasteiger partial charge in [0.1, 0.15) is 11.3 Å². The van der Waals surface area contributed by atoms with E-state index in [1.807, 2.05) is 0 Å². The summed E-state index contributed by atoms with van der Waals surface area (Å²) in [5.41, 5.74) is 7.22. The highest BCUT2D eigenvalue weighted by Gasteiger charge is 2.18. The molecule has 0 aliphatic carbocycles. The van der Waals surface area contributed by atoms with Gasteiger partial charge in [0.25, 0.3) is 0 Å². The monoisotopic (exact) mass is 353 g/mol. The van der Waals surface area contributed by atoms with E-state index in [1.165, 1.54) is 0 Å². The minimum Gasteiger partial charge on any atom is -0.448 e. The highest BCUT2D eigenvalue weighted by Crippen LogP contribution is 2.29. The van der Waals surface area contributed by atoms with Gasteiger partial charge in [0.05, 0.1) is 17.1 Å². The van der Waals surface area contributed by atoms with E-state index in [-0.39, 0.29) is 6.42 Å². The van der Waals surface area contributed by atoms with Crippen LogP contribution in [-0.4, -0.2) is 15.3 Å². The molecule has 7 heteroatoms. The fraction of sp³-hybridized carbons (Fsp3) is 0.0769. The second-order valence-electron chi connectivity index (χ2n) is 4.23. The van der Waals surface area contributed by atoms with Crippen LogP contribution in [0.5, 0.6) is 0 Å². The number of nitrogens with zero attached hydrogens (tertiary/aromatic N) is 2. The van der Waals surface area contributed by atoms with Crippen molar-refractivity contribution in [2.45, 2.75) is 6.42 Å². The van der Waals surface area contributed by atoms with Crippen molar-refractivity contribution < 1.29 is 9.21 Å². The van der Waals surface area contributed by atoms with Crippen LogP contribution in [0.25, 0.3) is 17.1 Å². The predicted octanol–water partition coefficient (Wildman–Crippen LogP) is 3.04. The quantitative estimate of drug-likeness (QED) is 0.785. The van der Waals surface area contributed by atoms with Crippen molar-refractivity contribution in [1.82, 2.24) is 9.38 Å². The molecule has 0 spiro atoms. The van der Waals surface area contributed by atoms with Crippen LogP contribution in [0.15, 0.2) is 39.5 Å². The Morgan fingerprint density at radius 2 is 2.20 bits per heavy atom. The third-order valence-corrected chi connectivity index (χ3v) is 3.48. The number of carbonyl (C=O) groups excluding carboxylic acids is 1. The average Bonchev–Trinajstić information content (AvgIpc) is 2.94. The molecular formula is C13H9BrClN3O2. The largest absolute Gasteiger partial charge is 0.448 e. The van der Waals surface area contributed by atoms with E-state index in [4.69, 9.17) is 21.8 Å². The first-order valence-corrected chi connectivity index (χ1v) is 6.92. The van der Waals surface area contributed by atoms with Crippen LogP contribution >= 0.6 is 27.5 Å². The average molecular weight is 355 g/mol. The van der Waals surface area contributed by atoms with E-state index >= 15 is 0 Å². The molecule has 102 valence electrons. The number of amides is 1. The number of rotatable bonds is 3. The molecule has 0 aliphatic rings. The van der Waals surface area contributed by atoms with Crippen LogP contribution in [0.1, 0.15) is 5.69 Å². The van der Waals surface area contributed by atoms with Crippen molar-refractivity contribution in [3.8, 4) is 11.5 Å². The number of carbonyl (C=O) groups is 1. The zero-order valence-electron chi connectivity index (χ0n) is 10.1. The van der Waals surface area contributed by atoms with E-state index in [0.717, 1.165) is 0 Å². The molecule has 3 rings (SSSR count). The van der Waals surface area contributed by atoms with E-state index in [1.54, 1.807) is 34.9 Å². The highest BCUT2D eigenvalue weighted by atomic mass is 79.9. The molecule has 0 aliphatic heterocycles. The maximum atomic E-state index is 11.3. The number of hydrogen-bond acceptors (Lipinski definition) is 3. The zero-order valence-corrected chi connectivity index (χ0v) is 12.5. The maximum Gasteiger partial charge on any atom is 0.223 e. The summed E-state index contributed by atoms with van der Waals surface area (Å²) in [7, 11) is 0. The molecule has 1 amide bonds. The Morgan fingerprint density at radius 3 is 2.85 bits per heavy atom. The maximum absolute atomic E-state index is 11.3. The molecule has 5 nitrogen and oxygen atoms in total. The van der Waals surface area contributed by atoms with Crippen LogP contribution < -0.4 is 5.73 Å². The van der Waals surface area contributed by atoms with Crippen molar-refractivity contribution in [2.24, 2.45) is 5.73 Å². The lowest BCUT2D eigenvalue weighted by Crippen LogP contribution is -2.15. The molecule has 0 fully saturated rings. The Balaban J connectivity index is 2.27. The summed E-state index contributed by atoms with van der Waals surface area (Å²) in [6, 6.07) is 7.05. The minimum atomic E-state index is -0.446. The fourth-order valence-corrected chi connectivity index (χ4v) is 2.51. The smallest absolute Gasteiger partial charge is 0.223 e. The Bertz CT molecular complexity index is 809. The van der Waals surface area contributed by atoms with Gasteiger partial charge in [0.15, 0.2) is 10.4 Å². The molecule has 2 N–H and O–H groups in total. The topological polar surface area (TPSA) is 73.5 Å². The van der Waals surface area contributed by atoms with Crippen molar-refractivity contribution in [2.75, 3.05) is 0 Å². The molecule has 0 bridgehead atoms. The van der Waals surface area contributed by atoms with E-state index in [0.29, 0.717) is 32.5 Å². The lowest BCUT2D eigenvalue weighted by Gasteiger charge is -2.01. The molecule has 0 aromatic carbocycles. The fourth-order valence-electron chi connectivity index (χ4n) is 2.04. The van der Waals surface area contributed by atoms with Gasteiger partial charge in [-0.25, -0.2) is 4.98 Å². The summed E-state index contributed by atoms with van der Waals surface area (Å²) in [6.45, 7) is 0. The Hall–Kier alpha value is -1.79. The molecule has 0 unspecified atom stereocenters. The summed E-state index contributed by atoms with van der Waals surface area (Å²) < 4.78 is 7.85. The van der Waals surface area contributed by atoms with Crippen LogP contribution in [0.2, 0.25) is 5.02 Å². The van der Waals surface area contributed by atoms with Crippen LogP contribution in [-0.2, 0) is 11.2 Å². The number of pyridine rings is 1. The predicted molar refractivity (Wildman–Crippen MR) is 78.5 cm³/mol. The van der Waals surface area contributed by atoms with Crippen LogP contribution in [0, 0.1) is 0 Å². The van der Waals surface area contributed by atoms with Crippen LogP contribution in [0.4, 0.5) is 0 Å². The van der Waals surface area contributed by atoms with E-state index < -0.39 is 5.91 Å². The standard InChI is InChI=1S/C13H9BrClN3O2/c14-10-3-2-9(20-10)13-8(5-11(16)19)18-6-7(15)1-4-12(18)17-13/h1-4,6H,5H2,(H2,16,19). The van der Waals surface area contributed by atoms with Crippen molar-refractivity contribution >= 4 is 39.1 Å². The number of imidazole rings is 1. The van der Waals surface area contributed by atoms with Gasteiger partial charge in [0, 0.05) is 6.20 Å². The van der Waals surface area contributed by atoms with Gasteiger partial charge in [-0.1, -0.05) is 11.6 Å². The molecule has 20 heavy (non-hydrogen) atoms. The lowest BCUT2D eigenvalue weighted by atomic mass is 10.2. The molecule has 0 saturated carbocycles. The van der Waals surface area contributed by atoms with Crippen LogP contribution in [0.3, 0.4) is 0 Å². The molecular weight excluding hydrogens is 346 g/mol. The van der Waals surface area contributed by atoms with Gasteiger partial charge in [-0.3, -0.25) is 4.79 Å². The number of fused-ring (bicyclic) bond motifs is 1. The number of primary amides is 1. The third-order valence-electron chi connectivity index (χ3n) is 2.83. The Kier molecular flexibility index (Phi) is 3.27. The minimum absolute atomic E-state index is 0.0508. The molecule has 3 aromatic heterocycles. The lowest BCUT2D eigenvalue weighted by molar-refractivity contribution is -0.117.